The molecule has 0 spiro atoms. The summed E-state index contributed by atoms with van der Waals surface area (Å²) in [4.78, 5) is 3.78. The normalized spacial score (nSPS) is 8.56. The molecule has 52 valence electrons. The van der Waals surface area contributed by atoms with Gasteiger partial charge >= 0.3 is 0 Å². The van der Waals surface area contributed by atoms with E-state index in [9.17, 15) is 0 Å². The Balaban J connectivity index is 3.31. The van der Waals surface area contributed by atoms with Crippen LogP contribution < -0.4 is 11.5 Å². The van der Waals surface area contributed by atoms with Crippen LogP contribution in [-0.4, -0.2) is 12.5 Å². The second-order valence-corrected chi connectivity index (χ2v) is 2.01. The summed E-state index contributed by atoms with van der Waals surface area (Å²) in [5.41, 5.74) is 11.3. The maximum atomic E-state index is 5.08. The van der Waals surface area contributed by atoms with Crippen LogP contribution in [0.25, 0.3) is 0 Å². The highest BCUT2D eigenvalue weighted by Gasteiger charge is 1.83. The van der Waals surface area contributed by atoms with Crippen molar-refractivity contribution in [2.45, 2.75) is 13.3 Å². The van der Waals surface area contributed by atoms with Gasteiger partial charge in [-0.25, -0.2) is 0 Å². The Morgan fingerprint density at radius 3 is 2.44 bits per heavy atom. The highest BCUT2D eigenvalue weighted by molar-refractivity contribution is 5.75. The molecule has 0 amide bonds. The van der Waals surface area contributed by atoms with Crippen LogP contribution in [0.2, 0.25) is 0 Å². The summed E-state index contributed by atoms with van der Waals surface area (Å²) in [5, 5.41) is 0. The molecule has 0 aromatic heterocycles. The molecule has 0 aromatic rings. The Kier molecular flexibility index (Phi) is 3.51. The Hall–Kier alpha value is -0.990. The van der Waals surface area contributed by atoms with Gasteiger partial charge in [0.25, 0.3) is 0 Å². The van der Waals surface area contributed by atoms with Crippen LogP contribution in [0.5, 0.6) is 0 Å². The van der Waals surface area contributed by atoms with E-state index in [-0.39, 0.29) is 5.96 Å². The zero-order chi connectivity index (χ0) is 7.28. The Morgan fingerprint density at radius 2 is 2.11 bits per heavy atom. The van der Waals surface area contributed by atoms with Gasteiger partial charge in [-0.05, 0) is 13.3 Å². The number of nitrogens with two attached hydrogens (primary N) is 2. The van der Waals surface area contributed by atoms with E-state index in [1.807, 2.05) is 6.92 Å². The van der Waals surface area contributed by atoms with Gasteiger partial charge in [0.1, 0.15) is 0 Å². The van der Waals surface area contributed by atoms with E-state index in [2.05, 4.69) is 11.6 Å². The van der Waals surface area contributed by atoms with Crippen molar-refractivity contribution >= 4 is 5.96 Å². The van der Waals surface area contributed by atoms with Gasteiger partial charge in [0.2, 0.25) is 0 Å². The van der Waals surface area contributed by atoms with E-state index in [1.165, 1.54) is 0 Å². The van der Waals surface area contributed by atoms with Crippen molar-refractivity contribution in [1.82, 2.24) is 0 Å². The van der Waals surface area contributed by atoms with Gasteiger partial charge in [0.05, 0.1) is 0 Å². The molecule has 0 saturated carbocycles. The first-order valence-corrected chi connectivity index (χ1v) is 2.82. The Labute approximate surface area is 55.4 Å². The molecule has 0 unspecified atom stereocenters. The fourth-order valence-corrected chi connectivity index (χ4v) is 0.376. The lowest BCUT2D eigenvalue weighted by molar-refractivity contribution is 0.949. The van der Waals surface area contributed by atoms with Crippen LogP contribution in [0, 0.1) is 0 Å². The second kappa shape index (κ2) is 3.95. The van der Waals surface area contributed by atoms with Gasteiger partial charge in [-0.3, -0.25) is 4.99 Å². The molecule has 0 aliphatic carbocycles. The predicted molar refractivity (Wildman–Crippen MR) is 40.1 cm³/mol. The zero-order valence-electron chi connectivity index (χ0n) is 5.72. The van der Waals surface area contributed by atoms with Crippen LogP contribution in [0.15, 0.2) is 17.1 Å². The quantitative estimate of drug-likeness (QED) is 0.324. The molecular formula is C6H13N3. The number of hydrogen-bond donors (Lipinski definition) is 2. The summed E-state index contributed by atoms with van der Waals surface area (Å²) in [6.45, 7) is 6.30. The van der Waals surface area contributed by atoms with Crippen LogP contribution in [0.4, 0.5) is 0 Å². The van der Waals surface area contributed by atoms with Crippen molar-refractivity contribution in [2.24, 2.45) is 16.5 Å². The van der Waals surface area contributed by atoms with E-state index in [0.717, 1.165) is 12.0 Å². The van der Waals surface area contributed by atoms with Crippen LogP contribution in [0.1, 0.15) is 13.3 Å². The van der Waals surface area contributed by atoms with E-state index in [4.69, 9.17) is 11.5 Å². The second-order valence-electron chi connectivity index (χ2n) is 2.01. The number of aliphatic imine (C=N–C) groups is 1. The molecular weight excluding hydrogens is 114 g/mol. The monoisotopic (exact) mass is 127 g/mol. The van der Waals surface area contributed by atoms with Crippen LogP contribution in [-0.2, 0) is 0 Å². The summed E-state index contributed by atoms with van der Waals surface area (Å²) in [7, 11) is 0. The minimum Gasteiger partial charge on any atom is -0.370 e. The number of nitrogens with zero attached hydrogens (tertiary/aromatic N) is 1. The smallest absolute Gasteiger partial charge is 0.185 e. The van der Waals surface area contributed by atoms with Crippen LogP contribution in [0.3, 0.4) is 0 Å². The Bertz CT molecular complexity index is 122. The van der Waals surface area contributed by atoms with Gasteiger partial charge in [0.15, 0.2) is 5.96 Å². The molecule has 0 bridgehead atoms. The molecule has 0 aromatic carbocycles. The summed E-state index contributed by atoms with van der Waals surface area (Å²) in [5.74, 6) is 0.149. The molecule has 3 heteroatoms. The molecule has 9 heavy (non-hydrogen) atoms. The number of rotatable bonds is 3. The molecule has 0 aliphatic heterocycles. The lowest BCUT2D eigenvalue weighted by atomic mass is 10.2. The topological polar surface area (TPSA) is 64.4 Å². The van der Waals surface area contributed by atoms with Gasteiger partial charge in [-0.15, -0.1) is 6.58 Å². The average Bonchev–Trinajstić information content (AvgIpc) is 1.63. The fourth-order valence-electron chi connectivity index (χ4n) is 0.376. The zero-order valence-corrected chi connectivity index (χ0v) is 5.72. The maximum Gasteiger partial charge on any atom is 0.185 e. The van der Waals surface area contributed by atoms with Gasteiger partial charge in [0, 0.05) is 6.54 Å². The first kappa shape index (κ1) is 8.01. The maximum absolute atomic E-state index is 5.08. The van der Waals surface area contributed by atoms with Crippen LogP contribution >= 0.6 is 0 Å². The van der Waals surface area contributed by atoms with Crippen molar-refractivity contribution < 1.29 is 0 Å². The molecule has 3 nitrogen and oxygen atoms in total. The third-order valence-corrected chi connectivity index (χ3v) is 0.833. The molecule has 0 fully saturated rings. The first-order chi connectivity index (χ1) is 4.13. The molecule has 0 heterocycles. The molecule has 0 aliphatic rings. The number of guanidine groups is 1. The molecule has 0 saturated heterocycles. The summed E-state index contributed by atoms with van der Waals surface area (Å²) in [6.07, 6.45) is 0.859. The Morgan fingerprint density at radius 1 is 1.56 bits per heavy atom. The third kappa shape index (κ3) is 7.01. The van der Waals surface area contributed by atoms with Gasteiger partial charge in [-0.2, -0.15) is 0 Å². The van der Waals surface area contributed by atoms with Gasteiger partial charge < -0.3 is 11.5 Å². The molecule has 0 radical (unpaired) electrons. The molecule has 4 N–H and O–H groups in total. The average molecular weight is 127 g/mol. The van der Waals surface area contributed by atoms with E-state index >= 15 is 0 Å². The molecule has 0 atom stereocenters. The van der Waals surface area contributed by atoms with Crippen molar-refractivity contribution in [1.29, 1.82) is 0 Å². The first-order valence-electron chi connectivity index (χ1n) is 2.82. The lowest BCUT2D eigenvalue weighted by Crippen LogP contribution is -2.22. The highest BCUT2D eigenvalue weighted by Crippen LogP contribution is 1.93. The standard InChI is InChI=1S/C6H13N3/c1-5(2)3-4-9-6(7)8/h1,3-4H2,2H3,(H4,7,8,9). The van der Waals surface area contributed by atoms with Crippen molar-refractivity contribution in [3.8, 4) is 0 Å². The van der Waals surface area contributed by atoms with E-state index in [1.54, 1.807) is 0 Å². The SMILES string of the molecule is C=C(C)CCN=C(N)N. The fraction of sp³-hybridized carbons (Fsp3) is 0.500. The summed E-state index contributed by atoms with van der Waals surface area (Å²) >= 11 is 0. The lowest BCUT2D eigenvalue weighted by Gasteiger charge is -1.93. The van der Waals surface area contributed by atoms with E-state index in [0.29, 0.717) is 6.54 Å². The minimum absolute atomic E-state index is 0.149. The van der Waals surface area contributed by atoms with Crippen molar-refractivity contribution in [3.05, 3.63) is 12.2 Å². The van der Waals surface area contributed by atoms with Gasteiger partial charge in [-0.1, -0.05) is 5.57 Å². The van der Waals surface area contributed by atoms with Crippen molar-refractivity contribution in [3.63, 3.8) is 0 Å². The highest BCUT2D eigenvalue weighted by atomic mass is 15.0. The minimum atomic E-state index is 0.149. The predicted octanol–water partition coefficient (Wildman–Crippen LogP) is 0.226. The molecule has 0 rings (SSSR count). The van der Waals surface area contributed by atoms with Crippen molar-refractivity contribution in [2.75, 3.05) is 6.54 Å². The summed E-state index contributed by atoms with van der Waals surface area (Å²) < 4.78 is 0. The van der Waals surface area contributed by atoms with E-state index < -0.39 is 0 Å². The third-order valence-electron chi connectivity index (χ3n) is 0.833. The number of hydrogen-bond acceptors (Lipinski definition) is 1. The largest absolute Gasteiger partial charge is 0.370 e. The summed E-state index contributed by atoms with van der Waals surface area (Å²) in [6, 6.07) is 0.